The summed E-state index contributed by atoms with van der Waals surface area (Å²) < 4.78 is 5.86. The Balaban J connectivity index is 1.98. The summed E-state index contributed by atoms with van der Waals surface area (Å²) in [6.45, 7) is 0.0133. The minimum atomic E-state index is -0.545. The summed E-state index contributed by atoms with van der Waals surface area (Å²) in [7, 11) is 1.76. The number of aliphatic hydroxyl groups is 1. The summed E-state index contributed by atoms with van der Waals surface area (Å²) in [6, 6.07) is 7.52. The first-order chi connectivity index (χ1) is 8.68. The van der Waals surface area contributed by atoms with Gasteiger partial charge in [-0.3, -0.25) is 4.79 Å². The largest absolute Gasteiger partial charge is 0.478 e. The van der Waals surface area contributed by atoms with Gasteiger partial charge >= 0.3 is 0 Å². The van der Waals surface area contributed by atoms with Crippen LogP contribution >= 0.6 is 0 Å². The van der Waals surface area contributed by atoms with Gasteiger partial charge in [0.15, 0.2) is 6.10 Å². The highest BCUT2D eigenvalue weighted by Crippen LogP contribution is 2.48. The molecule has 18 heavy (non-hydrogen) atoms. The molecule has 1 aromatic carbocycles. The first-order valence-electron chi connectivity index (χ1n) is 6.32. The van der Waals surface area contributed by atoms with Gasteiger partial charge in [-0.1, -0.05) is 18.6 Å². The lowest BCUT2D eigenvalue weighted by molar-refractivity contribution is -0.141. The van der Waals surface area contributed by atoms with Gasteiger partial charge < -0.3 is 14.7 Å². The van der Waals surface area contributed by atoms with E-state index in [1.807, 2.05) is 24.3 Å². The maximum Gasteiger partial charge on any atom is 0.268 e. The highest BCUT2D eigenvalue weighted by Gasteiger charge is 2.51. The molecule has 4 heteroatoms. The molecular formula is C14H17NO3. The Hall–Kier alpha value is -1.55. The van der Waals surface area contributed by atoms with E-state index in [4.69, 9.17) is 4.74 Å². The molecule has 4 nitrogen and oxygen atoms in total. The highest BCUT2D eigenvalue weighted by molar-refractivity contribution is 6.00. The van der Waals surface area contributed by atoms with Crippen LogP contribution in [0.2, 0.25) is 0 Å². The Morgan fingerprint density at radius 2 is 2.17 bits per heavy atom. The van der Waals surface area contributed by atoms with Gasteiger partial charge in [0.05, 0.1) is 12.3 Å². The molecule has 96 valence electrons. The Morgan fingerprint density at radius 3 is 2.78 bits per heavy atom. The molecule has 1 unspecified atom stereocenters. The van der Waals surface area contributed by atoms with Gasteiger partial charge in [-0.05, 0) is 25.0 Å². The third-order valence-corrected chi connectivity index (χ3v) is 4.25. The molecule has 0 saturated heterocycles. The lowest BCUT2D eigenvalue weighted by atomic mass is 9.65. The summed E-state index contributed by atoms with van der Waals surface area (Å²) in [4.78, 5) is 14.0. The number of para-hydroxylation sites is 2. The van der Waals surface area contributed by atoms with E-state index in [9.17, 15) is 9.90 Å². The van der Waals surface area contributed by atoms with Gasteiger partial charge in [0.25, 0.3) is 5.91 Å². The zero-order chi connectivity index (χ0) is 12.8. The number of carbonyl (C=O) groups is 1. The summed E-state index contributed by atoms with van der Waals surface area (Å²) >= 11 is 0. The minimum Gasteiger partial charge on any atom is -0.478 e. The molecule has 1 atom stereocenters. The molecule has 1 saturated carbocycles. The van der Waals surface area contributed by atoms with Crippen LogP contribution < -0.4 is 9.64 Å². The second-order valence-electron chi connectivity index (χ2n) is 5.24. The van der Waals surface area contributed by atoms with E-state index in [1.54, 1.807) is 11.9 Å². The summed E-state index contributed by atoms with van der Waals surface area (Å²) in [5.41, 5.74) is 0.421. The van der Waals surface area contributed by atoms with E-state index in [0.717, 1.165) is 30.7 Å². The Kier molecular flexibility index (Phi) is 2.55. The quantitative estimate of drug-likeness (QED) is 0.863. The Labute approximate surface area is 106 Å². The molecule has 0 spiro atoms. The van der Waals surface area contributed by atoms with Crippen molar-refractivity contribution in [2.75, 3.05) is 18.6 Å². The SMILES string of the molecule is CN1C(=O)C(C2(CO)CCC2)Oc2ccccc21. The first-order valence-corrected chi connectivity index (χ1v) is 6.32. The molecule has 1 fully saturated rings. The Morgan fingerprint density at radius 1 is 1.44 bits per heavy atom. The molecule has 0 aromatic heterocycles. The number of anilines is 1. The zero-order valence-electron chi connectivity index (χ0n) is 10.4. The second-order valence-corrected chi connectivity index (χ2v) is 5.24. The summed E-state index contributed by atoms with van der Waals surface area (Å²) in [5, 5.41) is 9.59. The highest BCUT2D eigenvalue weighted by atomic mass is 16.5. The maximum atomic E-state index is 12.4. The molecule has 1 amide bonds. The van der Waals surface area contributed by atoms with Gasteiger partial charge in [-0.2, -0.15) is 0 Å². The van der Waals surface area contributed by atoms with Crippen molar-refractivity contribution >= 4 is 11.6 Å². The van der Waals surface area contributed by atoms with Crippen LogP contribution in [-0.2, 0) is 4.79 Å². The first kappa shape index (κ1) is 11.5. The van der Waals surface area contributed by atoms with E-state index in [-0.39, 0.29) is 17.9 Å². The number of carbonyl (C=O) groups excluding carboxylic acids is 1. The van der Waals surface area contributed by atoms with Crippen molar-refractivity contribution < 1.29 is 14.6 Å². The predicted octanol–water partition coefficient (Wildman–Crippen LogP) is 1.57. The van der Waals surface area contributed by atoms with Crippen LogP contribution in [0.5, 0.6) is 5.75 Å². The molecule has 1 N–H and O–H groups in total. The molecule has 3 rings (SSSR count). The number of aliphatic hydroxyl groups excluding tert-OH is 1. The fourth-order valence-electron chi connectivity index (χ4n) is 2.83. The molecule has 1 aliphatic carbocycles. The number of hydrogen-bond donors (Lipinski definition) is 1. The average Bonchev–Trinajstić information content (AvgIpc) is 2.35. The number of benzene rings is 1. The molecule has 2 aliphatic rings. The number of likely N-dealkylation sites (N-methyl/N-ethyl adjacent to an activating group) is 1. The molecular weight excluding hydrogens is 230 g/mol. The van der Waals surface area contributed by atoms with Crippen LogP contribution in [0.25, 0.3) is 0 Å². The fourth-order valence-corrected chi connectivity index (χ4v) is 2.83. The zero-order valence-corrected chi connectivity index (χ0v) is 10.4. The van der Waals surface area contributed by atoms with Crippen LogP contribution in [-0.4, -0.2) is 30.8 Å². The third-order valence-electron chi connectivity index (χ3n) is 4.25. The summed E-state index contributed by atoms with van der Waals surface area (Å²) in [6.07, 6.45) is 2.22. The predicted molar refractivity (Wildman–Crippen MR) is 67.6 cm³/mol. The number of rotatable bonds is 2. The average molecular weight is 247 g/mol. The van der Waals surface area contributed by atoms with Crippen molar-refractivity contribution in [1.82, 2.24) is 0 Å². The summed E-state index contributed by atoms with van der Waals surface area (Å²) in [5.74, 6) is 0.673. The number of hydrogen-bond acceptors (Lipinski definition) is 3. The Bertz CT molecular complexity index is 476. The standard InChI is InChI=1S/C14H17NO3/c1-15-10-5-2-3-6-11(10)18-12(13(15)17)14(9-16)7-4-8-14/h2-3,5-6,12,16H,4,7-9H2,1H3. The van der Waals surface area contributed by atoms with Crippen LogP contribution in [0.3, 0.4) is 0 Å². The van der Waals surface area contributed by atoms with E-state index < -0.39 is 6.10 Å². The third kappa shape index (κ3) is 1.45. The van der Waals surface area contributed by atoms with Gasteiger partial charge in [-0.15, -0.1) is 0 Å². The van der Waals surface area contributed by atoms with E-state index in [2.05, 4.69) is 0 Å². The van der Waals surface area contributed by atoms with Gasteiger partial charge in [0.1, 0.15) is 5.75 Å². The molecule has 1 aliphatic heterocycles. The molecule has 0 bridgehead atoms. The smallest absolute Gasteiger partial charge is 0.268 e. The lowest BCUT2D eigenvalue weighted by Gasteiger charge is -2.47. The molecule has 0 radical (unpaired) electrons. The van der Waals surface area contributed by atoms with Gasteiger partial charge in [0.2, 0.25) is 0 Å². The van der Waals surface area contributed by atoms with Crippen molar-refractivity contribution in [1.29, 1.82) is 0 Å². The van der Waals surface area contributed by atoms with Crippen LogP contribution in [0.4, 0.5) is 5.69 Å². The number of amides is 1. The number of nitrogens with zero attached hydrogens (tertiary/aromatic N) is 1. The van der Waals surface area contributed by atoms with Crippen molar-refractivity contribution in [3.05, 3.63) is 24.3 Å². The van der Waals surface area contributed by atoms with Crippen LogP contribution in [0.15, 0.2) is 24.3 Å². The van der Waals surface area contributed by atoms with E-state index in [1.165, 1.54) is 0 Å². The van der Waals surface area contributed by atoms with Crippen molar-refractivity contribution in [3.63, 3.8) is 0 Å². The molecule has 1 heterocycles. The lowest BCUT2D eigenvalue weighted by Crippen LogP contribution is -2.57. The fraction of sp³-hybridized carbons (Fsp3) is 0.500. The second kappa shape index (κ2) is 3.99. The van der Waals surface area contributed by atoms with Gasteiger partial charge in [0, 0.05) is 12.5 Å². The van der Waals surface area contributed by atoms with Crippen LogP contribution in [0.1, 0.15) is 19.3 Å². The van der Waals surface area contributed by atoms with Crippen molar-refractivity contribution in [2.24, 2.45) is 5.41 Å². The normalized spacial score (nSPS) is 25.1. The van der Waals surface area contributed by atoms with Crippen molar-refractivity contribution in [3.8, 4) is 5.75 Å². The maximum absolute atomic E-state index is 12.4. The van der Waals surface area contributed by atoms with E-state index >= 15 is 0 Å². The molecule has 1 aromatic rings. The number of ether oxygens (including phenoxy) is 1. The van der Waals surface area contributed by atoms with Crippen LogP contribution in [0, 0.1) is 5.41 Å². The van der Waals surface area contributed by atoms with E-state index in [0.29, 0.717) is 0 Å². The number of fused-ring (bicyclic) bond motifs is 1. The monoisotopic (exact) mass is 247 g/mol. The van der Waals surface area contributed by atoms with Crippen molar-refractivity contribution in [2.45, 2.75) is 25.4 Å². The topological polar surface area (TPSA) is 49.8 Å². The van der Waals surface area contributed by atoms with Gasteiger partial charge in [-0.25, -0.2) is 0 Å². The minimum absolute atomic E-state index is 0.0133.